The van der Waals surface area contributed by atoms with Crippen LogP contribution in [0.25, 0.3) is 0 Å². The first kappa shape index (κ1) is 21.0. The van der Waals surface area contributed by atoms with Gasteiger partial charge in [0.15, 0.2) is 6.73 Å². The van der Waals surface area contributed by atoms with Crippen molar-refractivity contribution >= 4 is 27.5 Å². The normalized spacial score (nSPS) is 12.7. The van der Waals surface area contributed by atoms with Gasteiger partial charge in [0, 0.05) is 4.47 Å². The van der Waals surface area contributed by atoms with E-state index in [1.54, 1.807) is 24.3 Å². The molecule has 2 aromatic rings. The van der Waals surface area contributed by atoms with E-state index in [0.29, 0.717) is 5.75 Å². The van der Waals surface area contributed by atoms with Crippen LogP contribution in [0.4, 0.5) is 36.4 Å². The van der Waals surface area contributed by atoms with Crippen LogP contribution in [0.15, 0.2) is 41.1 Å². The lowest BCUT2D eigenvalue weighted by molar-refractivity contribution is -0.343. The third kappa shape index (κ3) is 4.51. The van der Waals surface area contributed by atoms with Gasteiger partial charge in [-0.1, -0.05) is 15.9 Å². The predicted molar refractivity (Wildman–Crippen MR) is 81.6 cm³/mol. The molecular weight excluding hydrogens is 455 g/mol. The van der Waals surface area contributed by atoms with Crippen molar-refractivity contribution in [2.75, 3.05) is 5.32 Å². The minimum absolute atomic E-state index is 0.243. The number of anilines is 1. The molecule has 2 rings (SSSR count). The van der Waals surface area contributed by atoms with Gasteiger partial charge in [0.25, 0.3) is 0 Å². The molecule has 5 nitrogen and oxygen atoms in total. The van der Waals surface area contributed by atoms with Gasteiger partial charge >= 0.3 is 23.9 Å². The highest BCUT2D eigenvalue weighted by molar-refractivity contribution is 9.10. The molecule has 0 aliphatic rings. The zero-order valence-corrected chi connectivity index (χ0v) is 14.5. The monoisotopic (exact) mass is 463 g/mol. The highest BCUT2D eigenvalue weighted by atomic mass is 79.9. The second kappa shape index (κ2) is 7.37. The first-order valence-electron chi connectivity index (χ1n) is 6.89. The summed E-state index contributed by atoms with van der Waals surface area (Å²) in [5.41, 5.74) is -0.517. The van der Waals surface area contributed by atoms with Crippen LogP contribution in [0.1, 0.15) is 0 Å². The lowest BCUT2D eigenvalue weighted by Crippen LogP contribution is -2.57. The van der Waals surface area contributed by atoms with Crippen molar-refractivity contribution < 1.29 is 40.3 Å². The Morgan fingerprint density at radius 3 is 2.26 bits per heavy atom. The van der Waals surface area contributed by atoms with Gasteiger partial charge in [-0.25, -0.2) is 4.68 Å². The molecule has 0 saturated carbocycles. The topological polar surface area (TPSA) is 56.2 Å². The van der Waals surface area contributed by atoms with E-state index in [9.17, 15) is 35.5 Å². The van der Waals surface area contributed by atoms with E-state index in [2.05, 4.69) is 21.0 Å². The fraction of sp³-hybridized carbons (Fsp3) is 0.286. The largest absolute Gasteiger partial charge is 0.471 e. The van der Waals surface area contributed by atoms with Crippen molar-refractivity contribution in [3.63, 3.8) is 0 Å². The molecule has 1 N–H and O–H groups in total. The first-order valence-corrected chi connectivity index (χ1v) is 7.68. The molecular formula is C14H9BrF7N3O2. The lowest BCUT2D eigenvalue weighted by atomic mass is 10.1. The number of aromatic nitrogens is 2. The lowest BCUT2D eigenvalue weighted by Gasteiger charge is -2.26. The summed E-state index contributed by atoms with van der Waals surface area (Å²) in [6.45, 7) is -0.243. The Hall–Kier alpha value is -2.31. The first-order chi connectivity index (χ1) is 12.3. The Morgan fingerprint density at radius 2 is 1.70 bits per heavy atom. The summed E-state index contributed by atoms with van der Waals surface area (Å²) in [5.74, 6) is -15.0. The molecule has 1 aromatic heterocycles. The molecule has 0 atom stereocenters. The summed E-state index contributed by atoms with van der Waals surface area (Å²) < 4.78 is 95.4. The molecule has 0 unspecified atom stereocenters. The summed E-state index contributed by atoms with van der Waals surface area (Å²) in [7, 11) is 0. The molecule has 0 spiro atoms. The third-order valence-electron chi connectivity index (χ3n) is 3.10. The highest BCUT2D eigenvalue weighted by Crippen LogP contribution is 2.46. The van der Waals surface area contributed by atoms with Gasteiger partial charge in [-0.05, 0) is 24.3 Å². The number of nitrogens with one attached hydrogen (secondary N) is 1. The molecule has 0 fully saturated rings. The summed E-state index contributed by atoms with van der Waals surface area (Å²) >= 11 is 3.21. The maximum absolute atomic E-state index is 13.2. The van der Waals surface area contributed by atoms with Crippen LogP contribution in [0, 0.1) is 0 Å². The Balaban J connectivity index is 2.02. The van der Waals surface area contributed by atoms with Crippen LogP contribution in [-0.4, -0.2) is 33.7 Å². The fourth-order valence-electron chi connectivity index (χ4n) is 1.70. The van der Waals surface area contributed by atoms with E-state index >= 15 is 0 Å². The quantitative estimate of drug-likeness (QED) is 0.643. The molecule has 13 heteroatoms. The Kier molecular flexibility index (Phi) is 5.73. The molecule has 27 heavy (non-hydrogen) atoms. The second-order valence-corrected chi connectivity index (χ2v) is 6.01. The Morgan fingerprint density at radius 1 is 1.11 bits per heavy atom. The summed E-state index contributed by atoms with van der Waals surface area (Å²) in [5, 5.41) is 4.88. The van der Waals surface area contributed by atoms with Gasteiger partial charge in [-0.3, -0.25) is 4.79 Å². The highest BCUT2D eigenvalue weighted by Gasteiger charge is 2.76. The molecule has 0 aliphatic heterocycles. The zero-order chi connectivity index (χ0) is 20.5. The van der Waals surface area contributed by atoms with Crippen molar-refractivity contribution in [1.82, 2.24) is 9.78 Å². The van der Waals surface area contributed by atoms with Gasteiger partial charge in [-0.2, -0.15) is 35.8 Å². The van der Waals surface area contributed by atoms with Crippen LogP contribution in [0.5, 0.6) is 5.75 Å². The van der Waals surface area contributed by atoms with Crippen molar-refractivity contribution in [2.24, 2.45) is 0 Å². The van der Waals surface area contributed by atoms with Crippen molar-refractivity contribution in [2.45, 2.75) is 24.8 Å². The van der Waals surface area contributed by atoms with Crippen LogP contribution in [-0.2, 0) is 11.5 Å². The van der Waals surface area contributed by atoms with Gasteiger partial charge < -0.3 is 10.1 Å². The van der Waals surface area contributed by atoms with Crippen molar-refractivity contribution in [3.8, 4) is 5.75 Å². The average molecular weight is 464 g/mol. The summed E-state index contributed by atoms with van der Waals surface area (Å²) in [6.07, 6.45) is -4.90. The number of alkyl halides is 7. The van der Waals surface area contributed by atoms with Gasteiger partial charge in [-0.15, -0.1) is 0 Å². The number of halogens is 8. The smallest absolute Gasteiger partial charge is 0.460 e. The number of carbonyl (C=O) groups excluding carboxylic acids is 1. The van der Waals surface area contributed by atoms with E-state index in [1.807, 2.05) is 0 Å². The maximum atomic E-state index is 13.2. The maximum Gasteiger partial charge on any atom is 0.460 e. The third-order valence-corrected chi connectivity index (χ3v) is 3.63. The molecule has 1 amide bonds. The number of carbonyl (C=O) groups is 1. The number of hydrogen-bond donors (Lipinski definition) is 1. The van der Waals surface area contributed by atoms with E-state index in [4.69, 9.17) is 4.74 Å². The van der Waals surface area contributed by atoms with Crippen molar-refractivity contribution in [3.05, 3.63) is 41.1 Å². The number of ether oxygens (including phenoxy) is 1. The minimum Gasteiger partial charge on any atom is -0.471 e. The van der Waals surface area contributed by atoms with Crippen LogP contribution >= 0.6 is 15.9 Å². The summed E-state index contributed by atoms with van der Waals surface area (Å²) in [6, 6.07) is 6.53. The molecule has 1 aromatic carbocycles. The zero-order valence-electron chi connectivity index (χ0n) is 12.9. The molecule has 0 aliphatic carbocycles. The standard InChI is InChI=1S/C14H9BrF7N3O2/c15-8-1-3-10(4-2-8)27-7-25-6-9(5-23-25)24-11(26)12(16,17)13(18,19)14(20,21)22/h1-6H,7H2,(H,24,26). The Labute approximate surface area is 155 Å². The summed E-state index contributed by atoms with van der Waals surface area (Å²) in [4.78, 5) is 11.2. The SMILES string of the molecule is O=C(Nc1cnn(COc2ccc(Br)cc2)c1)C(F)(F)C(F)(F)C(F)(F)F. The molecule has 1 heterocycles. The average Bonchev–Trinajstić information content (AvgIpc) is 3.00. The fourth-order valence-corrected chi connectivity index (χ4v) is 1.96. The number of hydrogen-bond acceptors (Lipinski definition) is 3. The van der Waals surface area contributed by atoms with Crippen molar-refractivity contribution in [1.29, 1.82) is 0 Å². The second-order valence-electron chi connectivity index (χ2n) is 5.10. The van der Waals surface area contributed by atoms with Gasteiger partial charge in [0.2, 0.25) is 0 Å². The van der Waals surface area contributed by atoms with Gasteiger partial charge in [0.05, 0.1) is 18.1 Å². The van der Waals surface area contributed by atoms with E-state index in [0.717, 1.165) is 21.5 Å². The number of rotatable bonds is 6. The van der Waals surface area contributed by atoms with E-state index in [1.165, 1.54) is 5.32 Å². The molecule has 0 saturated heterocycles. The predicted octanol–water partition coefficient (Wildman–Crippen LogP) is 4.45. The number of amides is 1. The number of nitrogens with zero attached hydrogens (tertiary/aromatic N) is 2. The number of benzene rings is 1. The van der Waals surface area contributed by atoms with Crippen LogP contribution in [0.2, 0.25) is 0 Å². The minimum atomic E-state index is -6.60. The van der Waals surface area contributed by atoms with E-state index < -0.39 is 29.6 Å². The molecule has 148 valence electrons. The van der Waals surface area contributed by atoms with Crippen LogP contribution < -0.4 is 10.1 Å². The van der Waals surface area contributed by atoms with Gasteiger partial charge in [0.1, 0.15) is 5.75 Å². The Bertz CT molecular complexity index is 806. The van der Waals surface area contributed by atoms with Crippen LogP contribution in [0.3, 0.4) is 0 Å². The van der Waals surface area contributed by atoms with E-state index in [-0.39, 0.29) is 6.73 Å². The molecule has 0 radical (unpaired) electrons. The molecule has 0 bridgehead atoms.